The Bertz CT molecular complexity index is 244. The van der Waals surface area contributed by atoms with Crippen LogP contribution in [-0.2, 0) is 14.3 Å². The Kier molecular flexibility index (Phi) is 3.70. The molecule has 0 spiro atoms. The van der Waals surface area contributed by atoms with Crippen LogP contribution in [0.3, 0.4) is 0 Å². The van der Waals surface area contributed by atoms with E-state index in [9.17, 15) is 8.42 Å². The van der Waals surface area contributed by atoms with Crippen LogP contribution in [0.15, 0.2) is 0 Å². The maximum atomic E-state index is 10.8. The van der Waals surface area contributed by atoms with Gasteiger partial charge in [0.1, 0.15) is 0 Å². The van der Waals surface area contributed by atoms with Crippen molar-refractivity contribution in [2.45, 2.75) is 25.9 Å². The Morgan fingerprint density at radius 2 is 1.92 bits per heavy atom. The van der Waals surface area contributed by atoms with Crippen LogP contribution >= 0.6 is 0 Å². The number of hydrogen-bond donors (Lipinski definition) is 1. The van der Waals surface area contributed by atoms with E-state index >= 15 is 0 Å². The van der Waals surface area contributed by atoms with Gasteiger partial charge in [0.2, 0.25) is 0 Å². The third kappa shape index (κ3) is 4.06. The van der Waals surface area contributed by atoms with Gasteiger partial charge < -0.3 is 5.32 Å². The van der Waals surface area contributed by atoms with Crippen molar-refractivity contribution >= 4 is 10.1 Å². The summed E-state index contributed by atoms with van der Waals surface area (Å²) < 4.78 is 26.6. The van der Waals surface area contributed by atoms with Crippen LogP contribution in [0.1, 0.15) is 19.8 Å². The molecule has 13 heavy (non-hydrogen) atoms. The van der Waals surface area contributed by atoms with E-state index in [4.69, 9.17) is 4.18 Å². The Morgan fingerprint density at radius 1 is 1.38 bits per heavy atom. The van der Waals surface area contributed by atoms with Gasteiger partial charge in [-0.2, -0.15) is 8.42 Å². The highest BCUT2D eigenvalue weighted by atomic mass is 32.2. The first-order chi connectivity index (χ1) is 5.99. The van der Waals surface area contributed by atoms with Crippen molar-refractivity contribution < 1.29 is 12.6 Å². The molecular weight excluding hydrogens is 190 g/mol. The summed E-state index contributed by atoms with van der Waals surface area (Å²) in [6, 6.07) is 0. The highest BCUT2D eigenvalue weighted by Crippen LogP contribution is 2.19. The Labute approximate surface area is 79.8 Å². The molecule has 0 aromatic heterocycles. The quantitative estimate of drug-likeness (QED) is 0.678. The third-order valence-corrected chi connectivity index (χ3v) is 3.03. The molecule has 4 nitrogen and oxygen atoms in total. The molecule has 0 aliphatic carbocycles. The largest absolute Gasteiger partial charge is 0.317 e. The zero-order valence-corrected chi connectivity index (χ0v) is 8.93. The van der Waals surface area contributed by atoms with Gasteiger partial charge in [0.05, 0.1) is 12.4 Å². The summed E-state index contributed by atoms with van der Waals surface area (Å²) >= 11 is 0. The monoisotopic (exact) mass is 207 g/mol. The standard InChI is InChI=1S/C8H17NO3S/c1-7(12-13(2,10)11)8-3-5-9-6-4-8/h7-9H,3-6H2,1-2H3. The highest BCUT2D eigenvalue weighted by Gasteiger charge is 2.23. The zero-order valence-electron chi connectivity index (χ0n) is 8.12. The van der Waals surface area contributed by atoms with Crippen molar-refractivity contribution in [1.29, 1.82) is 0 Å². The molecule has 1 rings (SSSR count). The number of nitrogens with one attached hydrogen (secondary N) is 1. The lowest BCUT2D eigenvalue weighted by molar-refractivity contribution is 0.136. The average molecular weight is 207 g/mol. The maximum absolute atomic E-state index is 10.8. The van der Waals surface area contributed by atoms with E-state index in [0.29, 0.717) is 5.92 Å². The van der Waals surface area contributed by atoms with Crippen LogP contribution in [0.4, 0.5) is 0 Å². The molecule has 0 bridgehead atoms. The predicted octanol–water partition coefficient (Wildman–Crippen LogP) is 0.351. The van der Waals surface area contributed by atoms with Crippen LogP contribution in [0, 0.1) is 5.92 Å². The van der Waals surface area contributed by atoms with Crippen molar-refractivity contribution in [3.05, 3.63) is 0 Å². The van der Waals surface area contributed by atoms with Gasteiger partial charge in [-0.05, 0) is 38.8 Å². The van der Waals surface area contributed by atoms with Gasteiger partial charge >= 0.3 is 0 Å². The third-order valence-electron chi connectivity index (χ3n) is 2.37. The molecule has 1 heterocycles. The van der Waals surface area contributed by atoms with E-state index in [1.165, 1.54) is 0 Å². The molecular formula is C8H17NO3S. The molecule has 0 saturated carbocycles. The average Bonchev–Trinajstić information content (AvgIpc) is 2.03. The lowest BCUT2D eigenvalue weighted by Crippen LogP contribution is -2.34. The molecule has 0 amide bonds. The summed E-state index contributed by atoms with van der Waals surface area (Å²) in [5.74, 6) is 0.371. The molecule has 0 aromatic carbocycles. The molecule has 1 saturated heterocycles. The summed E-state index contributed by atoms with van der Waals surface area (Å²) in [5, 5.41) is 3.23. The molecule has 5 heteroatoms. The van der Waals surface area contributed by atoms with E-state index in [1.54, 1.807) is 0 Å². The second-order valence-electron chi connectivity index (χ2n) is 3.59. The zero-order chi connectivity index (χ0) is 9.90. The first kappa shape index (κ1) is 10.9. The molecule has 1 aliphatic rings. The summed E-state index contributed by atoms with van der Waals surface area (Å²) in [7, 11) is -3.29. The maximum Gasteiger partial charge on any atom is 0.264 e. The summed E-state index contributed by atoms with van der Waals surface area (Å²) in [4.78, 5) is 0. The minimum Gasteiger partial charge on any atom is -0.317 e. The second kappa shape index (κ2) is 4.39. The Morgan fingerprint density at radius 3 is 2.38 bits per heavy atom. The van der Waals surface area contributed by atoms with E-state index in [1.807, 2.05) is 6.92 Å². The fraction of sp³-hybridized carbons (Fsp3) is 1.00. The molecule has 1 N–H and O–H groups in total. The highest BCUT2D eigenvalue weighted by molar-refractivity contribution is 7.86. The smallest absolute Gasteiger partial charge is 0.264 e. The topological polar surface area (TPSA) is 55.4 Å². The molecule has 1 aliphatic heterocycles. The van der Waals surface area contributed by atoms with Gasteiger partial charge in [-0.3, -0.25) is 4.18 Å². The van der Waals surface area contributed by atoms with Gasteiger partial charge in [0, 0.05) is 0 Å². The minimum atomic E-state index is -3.29. The molecule has 0 aromatic rings. The van der Waals surface area contributed by atoms with Gasteiger partial charge in [-0.15, -0.1) is 0 Å². The van der Waals surface area contributed by atoms with Crippen LogP contribution in [0.25, 0.3) is 0 Å². The van der Waals surface area contributed by atoms with E-state index in [0.717, 1.165) is 32.2 Å². The molecule has 1 unspecified atom stereocenters. The van der Waals surface area contributed by atoms with Crippen LogP contribution in [0.5, 0.6) is 0 Å². The van der Waals surface area contributed by atoms with Crippen molar-refractivity contribution in [3.8, 4) is 0 Å². The van der Waals surface area contributed by atoms with Crippen LogP contribution in [0.2, 0.25) is 0 Å². The van der Waals surface area contributed by atoms with Crippen molar-refractivity contribution in [1.82, 2.24) is 5.32 Å². The molecule has 0 radical (unpaired) electrons. The second-order valence-corrected chi connectivity index (χ2v) is 5.19. The lowest BCUT2D eigenvalue weighted by Gasteiger charge is -2.27. The van der Waals surface area contributed by atoms with Crippen LogP contribution in [-0.4, -0.2) is 33.9 Å². The number of hydrogen-bond acceptors (Lipinski definition) is 4. The van der Waals surface area contributed by atoms with Gasteiger partial charge in [-0.1, -0.05) is 0 Å². The minimum absolute atomic E-state index is 0.183. The fourth-order valence-corrected chi connectivity index (χ4v) is 2.38. The van der Waals surface area contributed by atoms with E-state index in [2.05, 4.69) is 5.32 Å². The first-order valence-corrected chi connectivity index (χ1v) is 6.39. The first-order valence-electron chi connectivity index (χ1n) is 4.58. The predicted molar refractivity (Wildman–Crippen MR) is 51.0 cm³/mol. The van der Waals surface area contributed by atoms with Crippen molar-refractivity contribution in [2.75, 3.05) is 19.3 Å². The summed E-state index contributed by atoms with van der Waals surface area (Å²) in [6.07, 6.45) is 2.91. The van der Waals surface area contributed by atoms with Crippen molar-refractivity contribution in [2.24, 2.45) is 5.92 Å². The van der Waals surface area contributed by atoms with Gasteiger partial charge in [0.25, 0.3) is 10.1 Å². The van der Waals surface area contributed by atoms with E-state index < -0.39 is 10.1 Å². The summed E-state index contributed by atoms with van der Waals surface area (Å²) in [6.45, 7) is 3.75. The SMILES string of the molecule is CC(OS(C)(=O)=O)C1CCNCC1. The Hall–Kier alpha value is -0.130. The number of rotatable bonds is 3. The fourth-order valence-electron chi connectivity index (χ4n) is 1.67. The summed E-state index contributed by atoms with van der Waals surface area (Å²) in [5.41, 5.74) is 0. The van der Waals surface area contributed by atoms with E-state index in [-0.39, 0.29) is 6.10 Å². The number of piperidine rings is 1. The van der Waals surface area contributed by atoms with Crippen molar-refractivity contribution in [3.63, 3.8) is 0 Å². The van der Waals surface area contributed by atoms with Crippen LogP contribution < -0.4 is 5.32 Å². The van der Waals surface area contributed by atoms with Gasteiger partial charge in [0.15, 0.2) is 0 Å². The normalized spacial score (nSPS) is 22.9. The molecule has 1 atom stereocenters. The Balaban J connectivity index is 2.42. The molecule has 78 valence electrons. The molecule has 1 fully saturated rings. The van der Waals surface area contributed by atoms with Gasteiger partial charge in [-0.25, -0.2) is 0 Å². The lowest BCUT2D eigenvalue weighted by atomic mass is 9.93.